The molecule has 5 heteroatoms. The van der Waals surface area contributed by atoms with E-state index in [1.165, 1.54) is 12.8 Å². The Bertz CT molecular complexity index is 398. The molecule has 0 radical (unpaired) electrons. The summed E-state index contributed by atoms with van der Waals surface area (Å²) < 4.78 is 0. The van der Waals surface area contributed by atoms with Gasteiger partial charge in [-0.15, -0.1) is 0 Å². The first-order valence-electron chi connectivity index (χ1n) is 8.50. The number of hydrogen-bond donors (Lipinski definition) is 1. The molecule has 0 spiro atoms. The summed E-state index contributed by atoms with van der Waals surface area (Å²) in [5.41, 5.74) is 0. The molecule has 3 fully saturated rings. The number of carbonyl (C=O) groups excluding carboxylic acids is 2. The number of carbonyl (C=O) groups is 2. The van der Waals surface area contributed by atoms with Crippen molar-refractivity contribution in [2.45, 2.75) is 57.5 Å². The molecule has 5 nitrogen and oxygen atoms in total. The second kappa shape index (κ2) is 6.34. The molecule has 2 atom stereocenters. The van der Waals surface area contributed by atoms with E-state index >= 15 is 0 Å². The quantitative estimate of drug-likeness (QED) is 0.734. The van der Waals surface area contributed by atoms with Crippen molar-refractivity contribution in [1.82, 2.24) is 15.1 Å². The third kappa shape index (κ3) is 3.07. The Morgan fingerprint density at radius 3 is 2.29 bits per heavy atom. The molecule has 0 saturated carbocycles. The van der Waals surface area contributed by atoms with E-state index in [4.69, 9.17) is 0 Å². The van der Waals surface area contributed by atoms with Crippen molar-refractivity contribution in [2.24, 2.45) is 5.92 Å². The number of hydrogen-bond acceptors (Lipinski definition) is 3. The average Bonchev–Trinajstić information content (AvgIpc) is 3.17. The van der Waals surface area contributed by atoms with E-state index in [0.29, 0.717) is 12.0 Å². The first-order valence-corrected chi connectivity index (χ1v) is 8.50. The van der Waals surface area contributed by atoms with E-state index in [9.17, 15) is 9.59 Å². The Balaban J connectivity index is 1.51. The number of nitrogens with one attached hydrogen (secondary N) is 1. The standard InChI is InChI=1S/C16H27N3O2/c1-12-4-3-9-19(12)16(21)15(20)18-10-6-13(7-11-18)14-5-2-8-17-14/h12-14,17H,2-11H2,1H3. The number of nitrogens with zero attached hydrogens (tertiary/aromatic N) is 2. The van der Waals surface area contributed by atoms with Gasteiger partial charge in [0, 0.05) is 31.7 Å². The molecule has 0 bridgehead atoms. The normalized spacial score (nSPS) is 30.9. The molecule has 1 N–H and O–H groups in total. The van der Waals surface area contributed by atoms with Crippen LogP contribution in [0.2, 0.25) is 0 Å². The van der Waals surface area contributed by atoms with Gasteiger partial charge in [-0.05, 0) is 57.9 Å². The zero-order valence-corrected chi connectivity index (χ0v) is 13.0. The summed E-state index contributed by atoms with van der Waals surface area (Å²) in [6.45, 7) is 5.41. The van der Waals surface area contributed by atoms with Crippen LogP contribution >= 0.6 is 0 Å². The maximum absolute atomic E-state index is 12.4. The van der Waals surface area contributed by atoms with Gasteiger partial charge in [0.15, 0.2) is 0 Å². The summed E-state index contributed by atoms with van der Waals surface area (Å²) in [4.78, 5) is 28.2. The topological polar surface area (TPSA) is 52.7 Å². The summed E-state index contributed by atoms with van der Waals surface area (Å²) >= 11 is 0. The van der Waals surface area contributed by atoms with Gasteiger partial charge < -0.3 is 15.1 Å². The molecule has 3 aliphatic rings. The predicted molar refractivity (Wildman–Crippen MR) is 80.7 cm³/mol. The Hall–Kier alpha value is -1.10. The number of piperidine rings is 1. The van der Waals surface area contributed by atoms with Crippen molar-refractivity contribution in [3.05, 3.63) is 0 Å². The molecule has 0 aliphatic carbocycles. The lowest BCUT2D eigenvalue weighted by Gasteiger charge is -2.35. The van der Waals surface area contributed by atoms with Gasteiger partial charge in [0.25, 0.3) is 0 Å². The monoisotopic (exact) mass is 293 g/mol. The summed E-state index contributed by atoms with van der Waals surface area (Å²) in [5.74, 6) is 0.122. The van der Waals surface area contributed by atoms with Crippen molar-refractivity contribution in [1.29, 1.82) is 0 Å². The van der Waals surface area contributed by atoms with Crippen LogP contribution in [0, 0.1) is 5.92 Å². The fourth-order valence-electron chi connectivity index (χ4n) is 4.11. The minimum atomic E-state index is -0.280. The highest BCUT2D eigenvalue weighted by Crippen LogP contribution is 2.26. The summed E-state index contributed by atoms with van der Waals surface area (Å²) in [7, 11) is 0. The van der Waals surface area contributed by atoms with Gasteiger partial charge in [0.1, 0.15) is 0 Å². The molecule has 0 aromatic carbocycles. The van der Waals surface area contributed by atoms with E-state index in [0.717, 1.165) is 51.9 Å². The maximum atomic E-state index is 12.4. The van der Waals surface area contributed by atoms with Crippen LogP contribution in [-0.2, 0) is 9.59 Å². The molecule has 118 valence electrons. The number of rotatable bonds is 1. The largest absolute Gasteiger partial charge is 0.334 e. The van der Waals surface area contributed by atoms with Crippen molar-refractivity contribution < 1.29 is 9.59 Å². The summed E-state index contributed by atoms with van der Waals surface area (Å²) in [5, 5.41) is 3.57. The Morgan fingerprint density at radius 1 is 0.952 bits per heavy atom. The van der Waals surface area contributed by atoms with Crippen molar-refractivity contribution in [3.8, 4) is 0 Å². The summed E-state index contributed by atoms with van der Waals surface area (Å²) in [6, 6.07) is 0.859. The zero-order valence-electron chi connectivity index (χ0n) is 13.0. The SMILES string of the molecule is CC1CCCN1C(=O)C(=O)N1CCC(C2CCCN2)CC1. The molecule has 3 aliphatic heterocycles. The number of amides is 2. The van der Waals surface area contributed by atoms with Crippen LogP contribution in [0.5, 0.6) is 0 Å². The molecule has 3 rings (SSSR count). The van der Waals surface area contributed by atoms with Crippen LogP contribution in [0.1, 0.15) is 45.4 Å². The fourth-order valence-corrected chi connectivity index (χ4v) is 4.11. The van der Waals surface area contributed by atoms with E-state index in [2.05, 4.69) is 5.32 Å². The highest BCUT2D eigenvalue weighted by atomic mass is 16.2. The first-order chi connectivity index (χ1) is 10.2. The Labute approximate surface area is 127 Å². The average molecular weight is 293 g/mol. The third-order valence-corrected chi connectivity index (χ3v) is 5.49. The molecule has 2 unspecified atom stereocenters. The predicted octanol–water partition coefficient (Wildman–Crippen LogP) is 0.988. The lowest BCUT2D eigenvalue weighted by Crippen LogP contribution is -2.50. The lowest BCUT2D eigenvalue weighted by atomic mass is 9.88. The molecule has 2 amide bonds. The van der Waals surface area contributed by atoms with Gasteiger partial charge in [0.05, 0.1) is 0 Å². The van der Waals surface area contributed by atoms with Gasteiger partial charge >= 0.3 is 11.8 Å². The fraction of sp³-hybridized carbons (Fsp3) is 0.875. The van der Waals surface area contributed by atoms with Crippen molar-refractivity contribution >= 4 is 11.8 Å². The minimum Gasteiger partial charge on any atom is -0.334 e. The van der Waals surface area contributed by atoms with Gasteiger partial charge in [-0.1, -0.05) is 0 Å². The second-order valence-corrected chi connectivity index (χ2v) is 6.82. The van der Waals surface area contributed by atoms with Gasteiger partial charge in [-0.2, -0.15) is 0 Å². The van der Waals surface area contributed by atoms with Crippen LogP contribution in [-0.4, -0.2) is 59.9 Å². The van der Waals surface area contributed by atoms with Crippen LogP contribution in [0.15, 0.2) is 0 Å². The van der Waals surface area contributed by atoms with Gasteiger partial charge in [0.2, 0.25) is 0 Å². The van der Waals surface area contributed by atoms with Gasteiger partial charge in [-0.25, -0.2) is 0 Å². The smallest absolute Gasteiger partial charge is 0.312 e. The minimum absolute atomic E-state index is 0.224. The third-order valence-electron chi connectivity index (χ3n) is 5.49. The highest BCUT2D eigenvalue weighted by Gasteiger charge is 2.35. The Morgan fingerprint density at radius 2 is 1.71 bits per heavy atom. The van der Waals surface area contributed by atoms with Gasteiger partial charge in [-0.3, -0.25) is 9.59 Å². The lowest BCUT2D eigenvalue weighted by molar-refractivity contribution is -0.153. The molecule has 0 aromatic rings. The maximum Gasteiger partial charge on any atom is 0.312 e. The second-order valence-electron chi connectivity index (χ2n) is 6.82. The highest BCUT2D eigenvalue weighted by molar-refractivity contribution is 6.35. The van der Waals surface area contributed by atoms with Crippen LogP contribution in [0.4, 0.5) is 0 Å². The van der Waals surface area contributed by atoms with E-state index in [-0.39, 0.29) is 17.9 Å². The summed E-state index contributed by atoms with van der Waals surface area (Å²) in [6.07, 6.45) is 6.65. The van der Waals surface area contributed by atoms with Crippen LogP contribution in [0.3, 0.4) is 0 Å². The molecule has 3 heterocycles. The zero-order chi connectivity index (χ0) is 14.8. The molecule has 3 saturated heterocycles. The van der Waals surface area contributed by atoms with E-state index in [1.807, 2.05) is 6.92 Å². The molecule has 21 heavy (non-hydrogen) atoms. The first kappa shape index (κ1) is 14.8. The van der Waals surface area contributed by atoms with E-state index in [1.54, 1.807) is 9.80 Å². The van der Waals surface area contributed by atoms with Crippen LogP contribution in [0.25, 0.3) is 0 Å². The molecule has 0 aromatic heterocycles. The molecular weight excluding hydrogens is 266 g/mol. The molecular formula is C16H27N3O2. The Kier molecular flexibility index (Phi) is 4.48. The van der Waals surface area contributed by atoms with Crippen LogP contribution < -0.4 is 5.32 Å². The van der Waals surface area contributed by atoms with Crippen molar-refractivity contribution in [3.63, 3.8) is 0 Å². The van der Waals surface area contributed by atoms with Crippen molar-refractivity contribution in [2.75, 3.05) is 26.2 Å². The number of likely N-dealkylation sites (tertiary alicyclic amines) is 2. The van der Waals surface area contributed by atoms with E-state index < -0.39 is 0 Å².